The maximum atomic E-state index is 13.1. The first kappa shape index (κ1) is 14.0. The SMILES string of the molecule is Cn1nc(CNCc2ccc(F)c(Cl)c2)c2ccccc21. The molecule has 1 N–H and O–H groups in total. The van der Waals surface area contributed by atoms with E-state index in [1.165, 1.54) is 6.07 Å². The number of halogens is 2. The van der Waals surface area contributed by atoms with Crippen molar-refractivity contribution in [2.45, 2.75) is 13.1 Å². The summed E-state index contributed by atoms with van der Waals surface area (Å²) < 4.78 is 15.0. The lowest BCUT2D eigenvalue weighted by Gasteiger charge is -2.04. The summed E-state index contributed by atoms with van der Waals surface area (Å²) >= 11 is 5.77. The van der Waals surface area contributed by atoms with E-state index in [0.717, 1.165) is 22.2 Å². The molecule has 3 nitrogen and oxygen atoms in total. The number of fused-ring (bicyclic) bond motifs is 1. The van der Waals surface area contributed by atoms with Crippen molar-refractivity contribution in [1.82, 2.24) is 15.1 Å². The zero-order valence-corrected chi connectivity index (χ0v) is 12.4. The third kappa shape index (κ3) is 2.91. The van der Waals surface area contributed by atoms with Gasteiger partial charge in [-0.2, -0.15) is 5.10 Å². The van der Waals surface area contributed by atoms with E-state index >= 15 is 0 Å². The van der Waals surface area contributed by atoms with Crippen LogP contribution in [-0.2, 0) is 20.1 Å². The van der Waals surface area contributed by atoms with Gasteiger partial charge in [0.2, 0.25) is 0 Å². The Kier molecular flexibility index (Phi) is 3.90. The second-order valence-corrected chi connectivity index (χ2v) is 5.35. The molecule has 0 radical (unpaired) electrons. The molecular weight excluding hydrogens is 289 g/mol. The van der Waals surface area contributed by atoms with Gasteiger partial charge in [0.15, 0.2) is 0 Å². The van der Waals surface area contributed by atoms with Crippen LogP contribution in [0.15, 0.2) is 42.5 Å². The number of para-hydroxylation sites is 1. The fourth-order valence-electron chi connectivity index (χ4n) is 2.39. The number of nitrogens with one attached hydrogen (secondary N) is 1. The summed E-state index contributed by atoms with van der Waals surface area (Å²) in [5.41, 5.74) is 3.06. The summed E-state index contributed by atoms with van der Waals surface area (Å²) in [6, 6.07) is 12.9. The molecule has 0 aliphatic rings. The lowest BCUT2D eigenvalue weighted by molar-refractivity contribution is 0.624. The molecule has 0 amide bonds. The predicted octanol–water partition coefficient (Wildman–Crippen LogP) is 3.66. The topological polar surface area (TPSA) is 29.9 Å². The lowest BCUT2D eigenvalue weighted by atomic mass is 10.2. The van der Waals surface area contributed by atoms with Gasteiger partial charge in [-0.15, -0.1) is 0 Å². The van der Waals surface area contributed by atoms with Gasteiger partial charge in [0.1, 0.15) is 5.82 Å². The first-order valence-corrected chi connectivity index (χ1v) is 7.08. The molecule has 108 valence electrons. The second-order valence-electron chi connectivity index (χ2n) is 4.94. The van der Waals surface area contributed by atoms with Crippen molar-refractivity contribution in [2.75, 3.05) is 0 Å². The van der Waals surface area contributed by atoms with Gasteiger partial charge in [-0.3, -0.25) is 4.68 Å². The highest BCUT2D eigenvalue weighted by molar-refractivity contribution is 6.30. The normalized spacial score (nSPS) is 11.2. The predicted molar refractivity (Wildman–Crippen MR) is 82.7 cm³/mol. The molecule has 0 saturated carbocycles. The molecule has 0 atom stereocenters. The zero-order chi connectivity index (χ0) is 14.8. The van der Waals surface area contributed by atoms with Crippen LogP contribution < -0.4 is 5.32 Å². The van der Waals surface area contributed by atoms with E-state index in [1.807, 2.05) is 29.9 Å². The van der Waals surface area contributed by atoms with Crippen LogP contribution >= 0.6 is 11.6 Å². The number of nitrogens with zero attached hydrogens (tertiary/aromatic N) is 2. The molecule has 0 aliphatic heterocycles. The first-order chi connectivity index (χ1) is 10.1. The molecule has 0 bridgehead atoms. The van der Waals surface area contributed by atoms with Crippen molar-refractivity contribution < 1.29 is 4.39 Å². The fourth-order valence-corrected chi connectivity index (χ4v) is 2.60. The van der Waals surface area contributed by atoms with Gasteiger partial charge in [-0.05, 0) is 23.8 Å². The number of hydrogen-bond donors (Lipinski definition) is 1. The number of hydrogen-bond acceptors (Lipinski definition) is 2. The summed E-state index contributed by atoms with van der Waals surface area (Å²) in [4.78, 5) is 0. The standard InChI is InChI=1S/C16H15ClFN3/c1-21-16-5-3-2-4-12(16)15(20-21)10-19-9-11-6-7-14(18)13(17)8-11/h2-8,19H,9-10H2,1H3. The molecule has 3 aromatic rings. The summed E-state index contributed by atoms with van der Waals surface area (Å²) in [6.45, 7) is 1.27. The Morgan fingerprint density at radius 3 is 2.81 bits per heavy atom. The van der Waals surface area contributed by atoms with Gasteiger partial charge in [-0.1, -0.05) is 35.9 Å². The molecule has 21 heavy (non-hydrogen) atoms. The van der Waals surface area contributed by atoms with Gasteiger partial charge >= 0.3 is 0 Å². The van der Waals surface area contributed by atoms with Gasteiger partial charge in [0.05, 0.1) is 16.2 Å². The highest BCUT2D eigenvalue weighted by Crippen LogP contribution is 2.18. The van der Waals surface area contributed by atoms with Crippen LogP contribution in [0.2, 0.25) is 5.02 Å². The zero-order valence-electron chi connectivity index (χ0n) is 11.6. The van der Waals surface area contributed by atoms with E-state index in [1.54, 1.807) is 12.1 Å². The van der Waals surface area contributed by atoms with Crippen LogP contribution in [0.3, 0.4) is 0 Å². The van der Waals surface area contributed by atoms with Crippen LogP contribution in [0.4, 0.5) is 4.39 Å². The molecule has 0 aliphatic carbocycles. The number of rotatable bonds is 4. The molecule has 1 heterocycles. The van der Waals surface area contributed by atoms with Crippen LogP contribution in [0.1, 0.15) is 11.3 Å². The average molecular weight is 304 g/mol. The molecular formula is C16H15ClFN3. The van der Waals surface area contributed by atoms with Crippen LogP contribution in [0.5, 0.6) is 0 Å². The van der Waals surface area contributed by atoms with Crippen molar-refractivity contribution in [1.29, 1.82) is 0 Å². The van der Waals surface area contributed by atoms with Crippen molar-refractivity contribution in [2.24, 2.45) is 7.05 Å². The van der Waals surface area contributed by atoms with Crippen molar-refractivity contribution in [3.8, 4) is 0 Å². The molecule has 1 aromatic heterocycles. The Bertz CT molecular complexity index is 782. The minimum atomic E-state index is -0.392. The fraction of sp³-hybridized carbons (Fsp3) is 0.188. The van der Waals surface area contributed by atoms with Crippen molar-refractivity contribution in [3.63, 3.8) is 0 Å². The van der Waals surface area contributed by atoms with E-state index in [4.69, 9.17) is 11.6 Å². The summed E-state index contributed by atoms with van der Waals surface area (Å²) in [7, 11) is 1.94. The van der Waals surface area contributed by atoms with Gasteiger partial charge in [0.25, 0.3) is 0 Å². The van der Waals surface area contributed by atoms with Gasteiger partial charge < -0.3 is 5.32 Å². The first-order valence-electron chi connectivity index (χ1n) is 6.70. The van der Waals surface area contributed by atoms with Crippen LogP contribution in [-0.4, -0.2) is 9.78 Å². The molecule has 0 unspecified atom stereocenters. The van der Waals surface area contributed by atoms with E-state index in [-0.39, 0.29) is 5.02 Å². The second kappa shape index (κ2) is 5.84. The number of benzene rings is 2. The van der Waals surface area contributed by atoms with Crippen molar-refractivity contribution in [3.05, 3.63) is 64.6 Å². The molecule has 0 fully saturated rings. The minimum Gasteiger partial charge on any atom is -0.307 e. The van der Waals surface area contributed by atoms with Crippen LogP contribution in [0.25, 0.3) is 10.9 Å². The smallest absolute Gasteiger partial charge is 0.141 e. The molecule has 0 spiro atoms. The molecule has 2 aromatic carbocycles. The summed E-state index contributed by atoms with van der Waals surface area (Å²) in [6.07, 6.45) is 0. The van der Waals surface area contributed by atoms with E-state index in [2.05, 4.69) is 16.5 Å². The summed E-state index contributed by atoms with van der Waals surface area (Å²) in [5.74, 6) is -0.392. The Labute approximate surface area is 127 Å². The Morgan fingerprint density at radius 1 is 1.19 bits per heavy atom. The van der Waals surface area contributed by atoms with E-state index in [9.17, 15) is 4.39 Å². The highest BCUT2D eigenvalue weighted by atomic mass is 35.5. The van der Waals surface area contributed by atoms with Gasteiger partial charge in [0, 0.05) is 25.5 Å². The number of aryl methyl sites for hydroxylation is 1. The van der Waals surface area contributed by atoms with Crippen molar-refractivity contribution >= 4 is 22.5 Å². The third-order valence-corrected chi connectivity index (χ3v) is 3.73. The lowest BCUT2D eigenvalue weighted by Crippen LogP contribution is -2.13. The monoisotopic (exact) mass is 303 g/mol. The maximum Gasteiger partial charge on any atom is 0.141 e. The van der Waals surface area contributed by atoms with E-state index < -0.39 is 5.82 Å². The maximum absolute atomic E-state index is 13.1. The summed E-state index contributed by atoms with van der Waals surface area (Å²) in [5, 5.41) is 9.13. The molecule has 0 saturated heterocycles. The highest BCUT2D eigenvalue weighted by Gasteiger charge is 2.07. The Hall–Kier alpha value is -1.91. The quantitative estimate of drug-likeness (QED) is 0.797. The molecule has 3 rings (SSSR count). The molecule has 5 heteroatoms. The largest absolute Gasteiger partial charge is 0.307 e. The Balaban J connectivity index is 1.70. The van der Waals surface area contributed by atoms with Crippen LogP contribution in [0, 0.1) is 5.82 Å². The minimum absolute atomic E-state index is 0.151. The third-order valence-electron chi connectivity index (χ3n) is 3.44. The Morgan fingerprint density at radius 2 is 2.00 bits per heavy atom. The van der Waals surface area contributed by atoms with Gasteiger partial charge in [-0.25, -0.2) is 4.39 Å². The van der Waals surface area contributed by atoms with E-state index in [0.29, 0.717) is 13.1 Å². The average Bonchev–Trinajstić information content (AvgIpc) is 2.80. The number of aromatic nitrogens is 2.